The van der Waals surface area contributed by atoms with E-state index in [1.165, 1.54) is 37.5 Å². The Kier molecular flexibility index (Phi) is 7.19. The van der Waals surface area contributed by atoms with Crippen LogP contribution < -0.4 is 9.47 Å². The van der Waals surface area contributed by atoms with E-state index in [1.54, 1.807) is 36.4 Å². The highest BCUT2D eigenvalue weighted by molar-refractivity contribution is 8.18. The molecule has 174 valence electrons. The Balaban J connectivity index is 1.51. The molecule has 0 bridgehead atoms. The predicted molar refractivity (Wildman–Crippen MR) is 127 cm³/mol. The van der Waals surface area contributed by atoms with Crippen molar-refractivity contribution < 1.29 is 27.8 Å². The molecule has 3 aromatic rings. The SMILES string of the molecule is COc1cc(/C=C2\SC(=O)N(Cc3c(F)cccc3Cl)C2=O)ccc1OCc1ccccc1F. The summed E-state index contributed by atoms with van der Waals surface area (Å²) in [5.41, 5.74) is 1.06. The van der Waals surface area contributed by atoms with Crippen molar-refractivity contribution in [2.75, 3.05) is 7.11 Å². The van der Waals surface area contributed by atoms with Crippen molar-refractivity contribution in [2.24, 2.45) is 0 Å². The maximum Gasteiger partial charge on any atom is 0.293 e. The fourth-order valence-electron chi connectivity index (χ4n) is 3.29. The first-order valence-corrected chi connectivity index (χ1v) is 11.3. The molecule has 3 aromatic carbocycles. The van der Waals surface area contributed by atoms with E-state index < -0.39 is 17.0 Å². The van der Waals surface area contributed by atoms with Crippen LogP contribution in [0.5, 0.6) is 11.5 Å². The molecule has 0 atom stereocenters. The molecule has 0 saturated carbocycles. The molecule has 1 aliphatic heterocycles. The highest BCUT2D eigenvalue weighted by atomic mass is 35.5. The number of amides is 2. The van der Waals surface area contributed by atoms with Gasteiger partial charge in [0.15, 0.2) is 11.5 Å². The topological polar surface area (TPSA) is 55.8 Å². The van der Waals surface area contributed by atoms with Crippen LogP contribution in [0.15, 0.2) is 65.6 Å². The lowest BCUT2D eigenvalue weighted by Gasteiger charge is -2.14. The summed E-state index contributed by atoms with van der Waals surface area (Å²) in [5.74, 6) is -0.738. The Labute approximate surface area is 203 Å². The highest BCUT2D eigenvalue weighted by Gasteiger charge is 2.36. The first-order valence-electron chi connectivity index (χ1n) is 10.1. The fraction of sp³-hybridized carbons (Fsp3) is 0.120. The molecule has 2 amide bonds. The number of carbonyl (C=O) groups excluding carboxylic acids is 2. The van der Waals surface area contributed by atoms with E-state index in [2.05, 4.69) is 0 Å². The Morgan fingerprint density at radius 2 is 1.76 bits per heavy atom. The molecule has 0 aromatic heterocycles. The lowest BCUT2D eigenvalue weighted by molar-refractivity contribution is -0.123. The largest absolute Gasteiger partial charge is 0.493 e. The summed E-state index contributed by atoms with van der Waals surface area (Å²) in [6.45, 7) is -0.250. The number of halogens is 3. The number of benzene rings is 3. The fourth-order valence-corrected chi connectivity index (χ4v) is 4.35. The second-order valence-electron chi connectivity index (χ2n) is 7.26. The Bertz CT molecular complexity index is 1280. The van der Waals surface area contributed by atoms with E-state index in [9.17, 15) is 18.4 Å². The molecule has 1 heterocycles. The summed E-state index contributed by atoms with van der Waals surface area (Å²) in [5, 5.41) is -0.383. The highest BCUT2D eigenvalue weighted by Crippen LogP contribution is 2.36. The van der Waals surface area contributed by atoms with Gasteiger partial charge in [0, 0.05) is 16.1 Å². The van der Waals surface area contributed by atoms with Crippen molar-refractivity contribution in [1.82, 2.24) is 4.90 Å². The normalized spacial score (nSPS) is 14.7. The third-order valence-corrected chi connectivity index (χ3v) is 6.34. The summed E-state index contributed by atoms with van der Waals surface area (Å²) in [4.78, 5) is 26.4. The number of carbonyl (C=O) groups is 2. The zero-order valence-electron chi connectivity index (χ0n) is 17.9. The molecule has 5 nitrogen and oxygen atoms in total. The average molecular weight is 502 g/mol. The van der Waals surface area contributed by atoms with Gasteiger partial charge in [-0.05, 0) is 53.7 Å². The first-order chi connectivity index (χ1) is 16.4. The van der Waals surface area contributed by atoms with Gasteiger partial charge < -0.3 is 9.47 Å². The molecule has 1 fully saturated rings. The standard InChI is InChI=1S/C25H18ClF2NO4S/c1-32-22-11-15(9-10-21(22)33-14-16-5-2-3-7-19(16)27)12-23-24(30)29(25(31)34-23)13-17-18(26)6-4-8-20(17)28/h2-12H,13-14H2,1H3/b23-12-. The maximum atomic E-state index is 14.1. The van der Waals surface area contributed by atoms with Crippen LogP contribution in [0.4, 0.5) is 13.6 Å². The summed E-state index contributed by atoms with van der Waals surface area (Å²) in [7, 11) is 1.46. The quantitative estimate of drug-likeness (QED) is 0.349. The lowest BCUT2D eigenvalue weighted by atomic mass is 10.1. The van der Waals surface area contributed by atoms with Gasteiger partial charge in [0.05, 0.1) is 18.6 Å². The van der Waals surface area contributed by atoms with Gasteiger partial charge in [-0.15, -0.1) is 0 Å². The summed E-state index contributed by atoms with van der Waals surface area (Å²) in [6, 6.07) is 15.4. The van der Waals surface area contributed by atoms with Crippen LogP contribution in [-0.4, -0.2) is 23.2 Å². The van der Waals surface area contributed by atoms with E-state index in [4.69, 9.17) is 21.1 Å². The van der Waals surface area contributed by atoms with Crippen LogP contribution in [0, 0.1) is 11.6 Å². The van der Waals surface area contributed by atoms with Gasteiger partial charge in [-0.2, -0.15) is 0 Å². The zero-order valence-corrected chi connectivity index (χ0v) is 19.5. The van der Waals surface area contributed by atoms with Gasteiger partial charge in [-0.1, -0.05) is 41.9 Å². The number of imide groups is 1. The maximum absolute atomic E-state index is 14.1. The number of rotatable bonds is 7. The molecule has 0 aliphatic carbocycles. The minimum Gasteiger partial charge on any atom is -0.493 e. The van der Waals surface area contributed by atoms with Gasteiger partial charge in [0.2, 0.25) is 0 Å². The molecule has 34 heavy (non-hydrogen) atoms. The summed E-state index contributed by atoms with van der Waals surface area (Å²) < 4.78 is 39.0. The van der Waals surface area contributed by atoms with Crippen LogP contribution >= 0.6 is 23.4 Å². The van der Waals surface area contributed by atoms with Crippen molar-refractivity contribution in [3.63, 3.8) is 0 Å². The van der Waals surface area contributed by atoms with Crippen LogP contribution in [0.2, 0.25) is 5.02 Å². The van der Waals surface area contributed by atoms with E-state index >= 15 is 0 Å². The number of nitrogens with zero attached hydrogens (tertiary/aromatic N) is 1. The molecule has 1 saturated heterocycles. The predicted octanol–water partition coefficient (Wildman–Crippen LogP) is 6.44. The molecule has 1 aliphatic rings. The molecular weight excluding hydrogens is 484 g/mol. The van der Waals surface area contributed by atoms with Gasteiger partial charge in [0.1, 0.15) is 18.2 Å². The monoisotopic (exact) mass is 501 g/mol. The van der Waals surface area contributed by atoms with Crippen molar-refractivity contribution in [3.8, 4) is 11.5 Å². The third kappa shape index (κ3) is 5.08. The first kappa shape index (κ1) is 23.8. The van der Waals surface area contributed by atoms with Crippen LogP contribution in [0.3, 0.4) is 0 Å². The number of ether oxygens (including phenoxy) is 2. The van der Waals surface area contributed by atoms with Crippen LogP contribution in [-0.2, 0) is 17.9 Å². The molecule has 0 radical (unpaired) electrons. The molecule has 0 spiro atoms. The minimum absolute atomic E-state index is 0.0138. The van der Waals surface area contributed by atoms with Gasteiger partial charge in [-0.25, -0.2) is 8.78 Å². The summed E-state index contributed by atoms with van der Waals surface area (Å²) in [6.07, 6.45) is 1.54. The number of methoxy groups -OCH3 is 1. The lowest BCUT2D eigenvalue weighted by Crippen LogP contribution is -2.28. The molecule has 9 heteroatoms. The molecular formula is C25H18ClF2NO4S. The van der Waals surface area contributed by atoms with Crippen molar-refractivity contribution in [3.05, 3.63) is 98.9 Å². The van der Waals surface area contributed by atoms with E-state index in [0.29, 0.717) is 22.6 Å². The molecule has 0 N–H and O–H groups in total. The third-order valence-electron chi connectivity index (χ3n) is 5.08. The van der Waals surface area contributed by atoms with Crippen molar-refractivity contribution in [2.45, 2.75) is 13.2 Å². The molecule has 0 unspecified atom stereocenters. The Morgan fingerprint density at radius 1 is 1.00 bits per heavy atom. The van der Waals surface area contributed by atoms with Gasteiger partial charge >= 0.3 is 0 Å². The zero-order chi connectivity index (χ0) is 24.2. The number of hydrogen-bond donors (Lipinski definition) is 0. The Hall–Kier alpha value is -3.36. The number of hydrogen-bond acceptors (Lipinski definition) is 5. The van der Waals surface area contributed by atoms with Gasteiger partial charge in [-0.3, -0.25) is 14.5 Å². The van der Waals surface area contributed by atoms with E-state index in [-0.39, 0.29) is 34.5 Å². The smallest absolute Gasteiger partial charge is 0.293 e. The second kappa shape index (κ2) is 10.3. The van der Waals surface area contributed by atoms with E-state index in [1.807, 2.05) is 0 Å². The van der Waals surface area contributed by atoms with Crippen LogP contribution in [0.1, 0.15) is 16.7 Å². The van der Waals surface area contributed by atoms with Crippen molar-refractivity contribution >= 4 is 40.6 Å². The Morgan fingerprint density at radius 3 is 2.50 bits per heavy atom. The summed E-state index contributed by atoms with van der Waals surface area (Å²) >= 11 is 6.79. The van der Waals surface area contributed by atoms with Crippen molar-refractivity contribution in [1.29, 1.82) is 0 Å². The second-order valence-corrected chi connectivity index (χ2v) is 8.66. The van der Waals surface area contributed by atoms with E-state index in [0.717, 1.165) is 16.7 Å². The van der Waals surface area contributed by atoms with Gasteiger partial charge in [0.25, 0.3) is 11.1 Å². The molecule has 4 rings (SSSR count). The minimum atomic E-state index is -0.591. The van der Waals surface area contributed by atoms with Crippen LogP contribution in [0.25, 0.3) is 6.08 Å². The average Bonchev–Trinajstić information content (AvgIpc) is 3.08. The number of thioether (sulfide) groups is 1.